The van der Waals surface area contributed by atoms with Gasteiger partial charge in [-0.3, -0.25) is 0 Å². The Hall–Kier alpha value is -1.94. The first-order valence-electron chi connectivity index (χ1n) is 7.27. The molecular formula is C17H17BO3. The van der Waals surface area contributed by atoms with Crippen LogP contribution in [0.4, 0.5) is 0 Å². The van der Waals surface area contributed by atoms with Gasteiger partial charge in [0.05, 0.1) is 12.4 Å². The van der Waals surface area contributed by atoms with E-state index in [1.165, 1.54) is 10.9 Å². The summed E-state index contributed by atoms with van der Waals surface area (Å²) in [5.41, 5.74) is 1.90. The number of hydrogen-bond donors (Lipinski definition) is 0. The lowest BCUT2D eigenvalue weighted by Gasteiger charge is -2.20. The minimum absolute atomic E-state index is 0.404. The number of benzene rings is 2. The van der Waals surface area contributed by atoms with Crippen molar-refractivity contribution in [2.24, 2.45) is 0 Å². The highest BCUT2D eigenvalue weighted by atomic mass is 16.7. The molecule has 2 heterocycles. The molecule has 0 radical (unpaired) electrons. The molecule has 4 heteroatoms. The van der Waals surface area contributed by atoms with Crippen molar-refractivity contribution < 1.29 is 14.0 Å². The Morgan fingerprint density at radius 3 is 2.81 bits per heavy atom. The Kier molecular flexibility index (Phi) is 2.60. The van der Waals surface area contributed by atoms with Crippen molar-refractivity contribution in [3.63, 3.8) is 0 Å². The first kappa shape index (κ1) is 12.8. The molecule has 106 valence electrons. The zero-order valence-electron chi connectivity index (χ0n) is 12.3. The van der Waals surface area contributed by atoms with Gasteiger partial charge in [0.15, 0.2) is 0 Å². The second-order valence-corrected chi connectivity index (χ2v) is 6.09. The smallest absolute Gasteiger partial charge is 0.534 e. The van der Waals surface area contributed by atoms with Gasteiger partial charge in [0.25, 0.3) is 0 Å². The normalized spacial score (nSPS) is 19.5. The van der Waals surface area contributed by atoms with E-state index in [4.69, 9.17) is 14.0 Å². The van der Waals surface area contributed by atoms with Crippen molar-refractivity contribution in [3.8, 4) is 5.75 Å². The van der Waals surface area contributed by atoms with Gasteiger partial charge >= 0.3 is 7.12 Å². The summed E-state index contributed by atoms with van der Waals surface area (Å²) in [5, 5.41) is 2.32. The maximum atomic E-state index is 6.02. The van der Waals surface area contributed by atoms with Crippen molar-refractivity contribution in [1.29, 1.82) is 0 Å². The molecule has 0 aliphatic carbocycles. The molecule has 0 atom stereocenters. The number of rotatable bonds is 1. The molecule has 2 aliphatic heterocycles. The average molecular weight is 280 g/mol. The Balaban J connectivity index is 1.89. The Morgan fingerprint density at radius 1 is 1.19 bits per heavy atom. The van der Waals surface area contributed by atoms with Crippen LogP contribution in [0.25, 0.3) is 10.8 Å². The van der Waals surface area contributed by atoms with Gasteiger partial charge in [-0.25, -0.2) is 0 Å². The zero-order valence-corrected chi connectivity index (χ0v) is 12.3. The van der Waals surface area contributed by atoms with Gasteiger partial charge in [-0.1, -0.05) is 30.8 Å². The highest BCUT2D eigenvalue weighted by Gasteiger charge is 2.43. The molecule has 0 N–H and O–H groups in total. The van der Waals surface area contributed by atoms with Gasteiger partial charge in [0.1, 0.15) is 11.4 Å². The molecule has 0 amide bonds. The van der Waals surface area contributed by atoms with Crippen LogP contribution in [0.1, 0.15) is 19.4 Å². The van der Waals surface area contributed by atoms with E-state index in [1.807, 2.05) is 26.0 Å². The summed E-state index contributed by atoms with van der Waals surface area (Å²) < 4.78 is 17.6. The summed E-state index contributed by atoms with van der Waals surface area (Å²) >= 11 is 0. The van der Waals surface area contributed by atoms with Crippen molar-refractivity contribution >= 4 is 23.4 Å². The molecule has 21 heavy (non-hydrogen) atoms. The summed E-state index contributed by atoms with van der Waals surface area (Å²) in [6.45, 7) is 8.65. The number of ether oxygens (including phenoxy) is 1. The molecule has 4 rings (SSSR count). The third-order valence-corrected chi connectivity index (χ3v) is 4.33. The van der Waals surface area contributed by atoms with E-state index in [0.29, 0.717) is 5.76 Å². The first-order chi connectivity index (χ1) is 10.1. The van der Waals surface area contributed by atoms with E-state index in [-0.39, 0.29) is 0 Å². The fourth-order valence-electron chi connectivity index (χ4n) is 3.03. The molecule has 3 nitrogen and oxygen atoms in total. The number of hydrogen-bond acceptors (Lipinski definition) is 3. The lowest BCUT2D eigenvalue weighted by atomic mass is 9.75. The first-order valence-corrected chi connectivity index (χ1v) is 7.27. The Morgan fingerprint density at radius 2 is 2.05 bits per heavy atom. The summed E-state index contributed by atoms with van der Waals surface area (Å²) in [6.07, 6.45) is 0.943. The summed E-state index contributed by atoms with van der Waals surface area (Å²) in [4.78, 5) is 0. The maximum absolute atomic E-state index is 6.02. The van der Waals surface area contributed by atoms with Gasteiger partial charge in [0.2, 0.25) is 0 Å². The van der Waals surface area contributed by atoms with Gasteiger partial charge in [-0.05, 0) is 30.9 Å². The highest BCUT2D eigenvalue weighted by molar-refractivity contribution is 6.65. The average Bonchev–Trinajstić information content (AvgIpc) is 2.74. The molecule has 2 aromatic rings. The van der Waals surface area contributed by atoms with Gasteiger partial charge in [0, 0.05) is 17.3 Å². The summed E-state index contributed by atoms with van der Waals surface area (Å²) in [7, 11) is -0.404. The van der Waals surface area contributed by atoms with Crippen LogP contribution in [-0.2, 0) is 15.7 Å². The highest BCUT2D eigenvalue weighted by Crippen LogP contribution is 2.34. The molecule has 1 fully saturated rings. The fraction of sp³-hybridized carbons (Fsp3) is 0.294. The van der Waals surface area contributed by atoms with Crippen LogP contribution in [0.5, 0.6) is 5.75 Å². The van der Waals surface area contributed by atoms with Crippen molar-refractivity contribution in [2.75, 3.05) is 6.61 Å². The quantitative estimate of drug-likeness (QED) is 0.752. The lowest BCUT2D eigenvalue weighted by molar-refractivity contribution is 0.173. The minimum Gasteiger partial charge on any atom is -0.534 e. The van der Waals surface area contributed by atoms with Crippen molar-refractivity contribution in [2.45, 2.75) is 25.9 Å². The molecule has 1 saturated heterocycles. The monoisotopic (exact) mass is 280 g/mol. The van der Waals surface area contributed by atoms with Crippen molar-refractivity contribution in [1.82, 2.24) is 0 Å². The third-order valence-electron chi connectivity index (χ3n) is 4.33. The SMILES string of the molecule is C=C1OB(c2ccc3c4c(cccc24)CCO3)OC1(C)C. The van der Waals surface area contributed by atoms with E-state index in [1.54, 1.807) is 0 Å². The molecule has 2 aromatic carbocycles. The van der Waals surface area contributed by atoms with E-state index >= 15 is 0 Å². The van der Waals surface area contributed by atoms with Crippen LogP contribution in [0.2, 0.25) is 0 Å². The fourth-order valence-corrected chi connectivity index (χ4v) is 3.03. The summed E-state index contributed by atoms with van der Waals surface area (Å²) in [6, 6.07) is 10.4. The third kappa shape index (κ3) is 1.86. The van der Waals surface area contributed by atoms with Gasteiger partial charge in [-0.2, -0.15) is 0 Å². The van der Waals surface area contributed by atoms with E-state index < -0.39 is 12.7 Å². The van der Waals surface area contributed by atoms with Crippen LogP contribution < -0.4 is 10.2 Å². The largest absolute Gasteiger partial charge is 0.564 e. The molecule has 0 bridgehead atoms. The predicted octanol–water partition coefficient (Wildman–Crippen LogP) is 2.81. The Bertz CT molecular complexity index is 741. The molecule has 0 spiro atoms. The summed E-state index contributed by atoms with van der Waals surface area (Å²) in [5.74, 6) is 1.62. The van der Waals surface area contributed by atoms with Crippen LogP contribution >= 0.6 is 0 Å². The minimum atomic E-state index is -0.458. The van der Waals surface area contributed by atoms with E-state index in [2.05, 4.69) is 24.8 Å². The van der Waals surface area contributed by atoms with Crippen LogP contribution in [-0.4, -0.2) is 19.3 Å². The van der Waals surface area contributed by atoms with Crippen LogP contribution in [0.3, 0.4) is 0 Å². The molecular weight excluding hydrogens is 263 g/mol. The van der Waals surface area contributed by atoms with E-state index in [0.717, 1.165) is 29.6 Å². The standard InChI is InChI=1S/C17H17BO3/c1-11-17(2,3)21-18(20-11)14-7-8-15-16-12(9-10-19-15)5-4-6-13(14)16/h4-8H,1,9-10H2,2-3H3. The second-order valence-electron chi connectivity index (χ2n) is 6.09. The maximum Gasteiger partial charge on any atom is 0.564 e. The predicted molar refractivity (Wildman–Crippen MR) is 83.9 cm³/mol. The lowest BCUT2D eigenvalue weighted by Crippen LogP contribution is -2.35. The Labute approximate surface area is 124 Å². The molecule has 2 aliphatic rings. The molecule has 0 aromatic heterocycles. The topological polar surface area (TPSA) is 27.7 Å². The van der Waals surface area contributed by atoms with Gasteiger partial charge < -0.3 is 14.0 Å². The van der Waals surface area contributed by atoms with Gasteiger partial charge in [-0.15, -0.1) is 0 Å². The van der Waals surface area contributed by atoms with Crippen molar-refractivity contribution in [3.05, 3.63) is 48.2 Å². The molecule has 0 saturated carbocycles. The second kappa shape index (κ2) is 4.28. The van der Waals surface area contributed by atoms with Crippen LogP contribution in [0.15, 0.2) is 42.7 Å². The van der Waals surface area contributed by atoms with E-state index in [9.17, 15) is 0 Å². The zero-order chi connectivity index (χ0) is 14.6. The molecule has 0 unspecified atom stereocenters. The van der Waals surface area contributed by atoms with Crippen LogP contribution in [0, 0.1) is 0 Å².